The van der Waals surface area contributed by atoms with Crippen LogP contribution in [0.2, 0.25) is 0 Å². The van der Waals surface area contributed by atoms with E-state index in [9.17, 15) is 9.18 Å². The number of carbonyl (C=O) groups excluding carboxylic acids is 1. The molecule has 1 fully saturated rings. The van der Waals surface area contributed by atoms with Gasteiger partial charge in [0.1, 0.15) is 5.82 Å². The molecule has 2 unspecified atom stereocenters. The fraction of sp³-hybridized carbons (Fsp3) is 0.333. The predicted octanol–water partition coefficient (Wildman–Crippen LogP) is 4.96. The Bertz CT molecular complexity index is 1090. The van der Waals surface area contributed by atoms with Crippen LogP contribution in [0.5, 0.6) is 0 Å². The van der Waals surface area contributed by atoms with Crippen molar-refractivity contribution in [2.75, 3.05) is 36.5 Å². The van der Waals surface area contributed by atoms with E-state index in [1.165, 1.54) is 6.07 Å². The van der Waals surface area contributed by atoms with Gasteiger partial charge in [-0.3, -0.25) is 4.79 Å². The first-order chi connectivity index (χ1) is 15.2. The van der Waals surface area contributed by atoms with Crippen molar-refractivity contribution in [3.05, 3.63) is 65.4 Å². The highest BCUT2D eigenvalue weighted by atomic mass is 32.1. The molecule has 1 aromatic heterocycles. The highest BCUT2D eigenvalue weighted by molar-refractivity contribution is 7.18. The number of anilines is 2. The number of allylic oxidation sites excluding steroid dienone is 2. The molecule has 31 heavy (non-hydrogen) atoms. The van der Waals surface area contributed by atoms with E-state index in [-0.39, 0.29) is 23.6 Å². The highest BCUT2D eigenvalue weighted by Gasteiger charge is 2.32. The van der Waals surface area contributed by atoms with E-state index in [1.54, 1.807) is 23.5 Å². The van der Waals surface area contributed by atoms with E-state index >= 15 is 0 Å². The van der Waals surface area contributed by atoms with Gasteiger partial charge in [-0.25, -0.2) is 9.37 Å². The molecule has 2 aromatic carbocycles. The first-order valence-corrected chi connectivity index (χ1v) is 11.4. The zero-order valence-corrected chi connectivity index (χ0v) is 17.9. The monoisotopic (exact) mass is 437 g/mol. The molecule has 160 valence electrons. The van der Waals surface area contributed by atoms with Crippen LogP contribution in [-0.2, 0) is 9.53 Å². The van der Waals surface area contributed by atoms with Gasteiger partial charge in [-0.15, -0.1) is 11.3 Å². The van der Waals surface area contributed by atoms with Crippen molar-refractivity contribution in [2.45, 2.75) is 18.8 Å². The van der Waals surface area contributed by atoms with E-state index in [0.717, 1.165) is 21.6 Å². The summed E-state index contributed by atoms with van der Waals surface area (Å²) in [5.74, 6) is -0.620. The normalized spacial score (nSPS) is 21.4. The standard InChI is InChI=1S/C24H24FN3O2S/c25-19-15-16(9-10-21(19)28-11-13-30-14-12-28)26-23(29)17-5-1-2-6-18(17)24-27-20-7-3-4-8-22(20)31-24/h1-4,7-10,15,17-18H,5-6,11-14H2,(H,26,29). The van der Waals surface area contributed by atoms with Crippen LogP contribution < -0.4 is 10.2 Å². The lowest BCUT2D eigenvalue weighted by molar-refractivity contribution is -0.120. The van der Waals surface area contributed by atoms with Crippen LogP contribution in [-0.4, -0.2) is 37.2 Å². The number of thiazole rings is 1. The van der Waals surface area contributed by atoms with Gasteiger partial charge in [0.15, 0.2) is 0 Å². The van der Waals surface area contributed by atoms with Crippen molar-refractivity contribution < 1.29 is 13.9 Å². The number of carbonyl (C=O) groups is 1. The van der Waals surface area contributed by atoms with Crippen molar-refractivity contribution in [2.24, 2.45) is 5.92 Å². The predicted molar refractivity (Wildman–Crippen MR) is 122 cm³/mol. The second-order valence-electron chi connectivity index (χ2n) is 7.93. The third-order valence-corrected chi connectivity index (χ3v) is 7.13. The molecule has 3 aromatic rings. The largest absolute Gasteiger partial charge is 0.378 e. The Balaban J connectivity index is 1.33. The molecule has 1 saturated heterocycles. The SMILES string of the molecule is O=C(Nc1ccc(N2CCOCC2)c(F)c1)C1CC=CCC1c1nc2ccccc2s1. The average molecular weight is 438 g/mol. The summed E-state index contributed by atoms with van der Waals surface area (Å²) in [7, 11) is 0. The Morgan fingerprint density at radius 3 is 2.74 bits per heavy atom. The van der Waals surface area contributed by atoms with E-state index in [2.05, 4.69) is 23.5 Å². The number of hydrogen-bond donors (Lipinski definition) is 1. The summed E-state index contributed by atoms with van der Waals surface area (Å²) >= 11 is 1.65. The van der Waals surface area contributed by atoms with Crippen molar-refractivity contribution in [3.8, 4) is 0 Å². The molecule has 2 atom stereocenters. The molecule has 0 saturated carbocycles. The maximum atomic E-state index is 14.7. The number of hydrogen-bond acceptors (Lipinski definition) is 5. The average Bonchev–Trinajstić information content (AvgIpc) is 3.24. The van der Waals surface area contributed by atoms with Crippen LogP contribution in [0.3, 0.4) is 0 Å². The first-order valence-electron chi connectivity index (χ1n) is 10.6. The Morgan fingerprint density at radius 1 is 1.13 bits per heavy atom. The molecular formula is C24H24FN3O2S. The van der Waals surface area contributed by atoms with Crippen molar-refractivity contribution in [1.29, 1.82) is 0 Å². The lowest BCUT2D eigenvalue weighted by Crippen LogP contribution is -2.36. The molecule has 5 nitrogen and oxygen atoms in total. The number of fused-ring (bicyclic) bond motifs is 1. The topological polar surface area (TPSA) is 54.5 Å². The number of rotatable bonds is 4. The fourth-order valence-corrected chi connectivity index (χ4v) is 5.45. The van der Waals surface area contributed by atoms with E-state index in [1.807, 2.05) is 23.1 Å². The van der Waals surface area contributed by atoms with Gasteiger partial charge in [0.05, 0.1) is 40.0 Å². The minimum absolute atomic E-state index is 0.0277. The molecule has 7 heteroatoms. The zero-order valence-electron chi connectivity index (χ0n) is 17.1. The smallest absolute Gasteiger partial charge is 0.228 e. The quantitative estimate of drug-likeness (QED) is 0.586. The lowest BCUT2D eigenvalue weighted by Gasteiger charge is -2.29. The summed E-state index contributed by atoms with van der Waals surface area (Å²) in [5, 5.41) is 3.92. The number of aromatic nitrogens is 1. The third-order valence-electron chi connectivity index (χ3n) is 5.96. The summed E-state index contributed by atoms with van der Waals surface area (Å²) in [6, 6.07) is 13.0. The van der Waals surface area contributed by atoms with Gasteiger partial charge in [0.2, 0.25) is 5.91 Å². The lowest BCUT2D eigenvalue weighted by atomic mass is 9.82. The Kier molecular flexibility index (Phi) is 5.70. The van der Waals surface area contributed by atoms with Crippen LogP contribution in [0, 0.1) is 11.7 Å². The Morgan fingerprint density at radius 2 is 1.94 bits per heavy atom. The summed E-state index contributed by atoms with van der Waals surface area (Å²) in [4.78, 5) is 19.9. The number of benzene rings is 2. The third kappa shape index (κ3) is 4.20. The van der Waals surface area contributed by atoms with Gasteiger partial charge in [-0.1, -0.05) is 24.3 Å². The number of nitrogens with one attached hydrogen (secondary N) is 1. The molecule has 0 radical (unpaired) electrons. The maximum Gasteiger partial charge on any atom is 0.228 e. The number of ether oxygens (including phenoxy) is 1. The Labute approximate surface area is 184 Å². The van der Waals surface area contributed by atoms with E-state index in [0.29, 0.717) is 44.1 Å². The van der Waals surface area contributed by atoms with E-state index < -0.39 is 0 Å². The van der Waals surface area contributed by atoms with Crippen molar-refractivity contribution in [1.82, 2.24) is 4.98 Å². The van der Waals surface area contributed by atoms with Gasteiger partial charge < -0.3 is 15.0 Å². The molecule has 1 amide bonds. The van der Waals surface area contributed by atoms with Gasteiger partial charge in [-0.05, 0) is 43.2 Å². The molecule has 2 aliphatic rings. The molecule has 0 spiro atoms. The summed E-state index contributed by atoms with van der Waals surface area (Å²) in [6.07, 6.45) is 5.61. The van der Waals surface area contributed by atoms with Gasteiger partial charge >= 0.3 is 0 Å². The number of halogens is 1. The minimum Gasteiger partial charge on any atom is -0.378 e. The summed E-state index contributed by atoms with van der Waals surface area (Å²) in [5.41, 5.74) is 2.00. The van der Waals surface area contributed by atoms with Crippen LogP contribution >= 0.6 is 11.3 Å². The number of amides is 1. The molecule has 1 aliphatic carbocycles. The minimum atomic E-state index is -0.328. The molecular weight excluding hydrogens is 413 g/mol. The first kappa shape index (κ1) is 20.2. The van der Waals surface area contributed by atoms with Crippen LogP contribution in [0.15, 0.2) is 54.6 Å². The molecule has 0 bridgehead atoms. The summed E-state index contributed by atoms with van der Waals surface area (Å²) < 4.78 is 21.2. The second-order valence-corrected chi connectivity index (χ2v) is 8.99. The van der Waals surface area contributed by atoms with E-state index in [4.69, 9.17) is 9.72 Å². The van der Waals surface area contributed by atoms with Crippen LogP contribution in [0.25, 0.3) is 10.2 Å². The van der Waals surface area contributed by atoms with Gasteiger partial charge in [0.25, 0.3) is 0 Å². The second kappa shape index (κ2) is 8.77. The molecule has 2 heterocycles. The van der Waals surface area contributed by atoms with Gasteiger partial charge in [0, 0.05) is 24.7 Å². The van der Waals surface area contributed by atoms with Crippen molar-refractivity contribution >= 4 is 38.8 Å². The van der Waals surface area contributed by atoms with Crippen LogP contribution in [0.4, 0.5) is 15.8 Å². The molecule has 5 rings (SSSR count). The number of para-hydroxylation sites is 1. The molecule has 1 N–H and O–H groups in total. The Hall–Kier alpha value is -2.77. The fourth-order valence-electron chi connectivity index (χ4n) is 4.31. The van der Waals surface area contributed by atoms with Gasteiger partial charge in [-0.2, -0.15) is 0 Å². The van der Waals surface area contributed by atoms with Crippen molar-refractivity contribution in [3.63, 3.8) is 0 Å². The van der Waals surface area contributed by atoms with Crippen LogP contribution in [0.1, 0.15) is 23.8 Å². The number of nitrogens with zero attached hydrogens (tertiary/aromatic N) is 2. The molecule has 1 aliphatic heterocycles. The zero-order chi connectivity index (χ0) is 21.2. The number of morpholine rings is 1. The summed E-state index contributed by atoms with van der Waals surface area (Å²) in [6.45, 7) is 2.53. The maximum absolute atomic E-state index is 14.7. The highest BCUT2D eigenvalue weighted by Crippen LogP contribution is 2.39.